The van der Waals surface area contributed by atoms with Crippen molar-refractivity contribution in [1.82, 2.24) is 15.5 Å². The van der Waals surface area contributed by atoms with Crippen LogP contribution in [0.4, 0.5) is 0 Å². The number of rotatable bonds is 5. The van der Waals surface area contributed by atoms with E-state index < -0.39 is 0 Å². The summed E-state index contributed by atoms with van der Waals surface area (Å²) in [6.07, 6.45) is 5.87. The van der Waals surface area contributed by atoms with Crippen LogP contribution in [-0.2, 0) is 23.2 Å². The van der Waals surface area contributed by atoms with Crippen LogP contribution in [0.1, 0.15) is 41.7 Å². The molecule has 1 aromatic heterocycles. The molecule has 0 atom stereocenters. The molecule has 0 unspecified atom stereocenters. The molecule has 0 spiro atoms. The van der Waals surface area contributed by atoms with Crippen molar-refractivity contribution in [1.29, 1.82) is 0 Å². The zero-order chi connectivity index (χ0) is 20.1. The first-order chi connectivity index (χ1) is 14.2. The Hall–Kier alpha value is -1.61. The molecule has 2 aromatic rings. The van der Waals surface area contributed by atoms with Gasteiger partial charge in [0.05, 0.1) is 6.54 Å². The maximum absolute atomic E-state index is 12.7. The maximum atomic E-state index is 12.7. The Kier molecular flexibility index (Phi) is 8.16. The fraction of sp³-hybridized carbons (Fsp3) is 0.478. The average Bonchev–Trinajstić information content (AvgIpc) is 3.44. The molecule has 7 heteroatoms. The lowest BCUT2D eigenvalue weighted by molar-refractivity contribution is -0.130. The standard InChI is InChI=1S/C23H30N4OS.HI/c1-24-22(25-15-21(28)27-13-9-20-18(16-27)10-14-29-20)26-17-23(11-5-6-12-23)19-7-3-2-4-8-19;/h2-4,7-8,10,14H,5-6,9,11-13,15-17H2,1H3,(H2,24,25,26);1H. The number of carbonyl (C=O) groups is 1. The van der Waals surface area contributed by atoms with Crippen LogP contribution in [0.2, 0.25) is 0 Å². The second kappa shape index (κ2) is 10.6. The molecule has 5 nitrogen and oxygen atoms in total. The van der Waals surface area contributed by atoms with Crippen molar-refractivity contribution in [2.24, 2.45) is 4.99 Å². The molecule has 1 amide bonds. The van der Waals surface area contributed by atoms with Crippen LogP contribution in [0.5, 0.6) is 0 Å². The number of thiophene rings is 1. The molecule has 1 fully saturated rings. The highest BCUT2D eigenvalue weighted by Crippen LogP contribution is 2.40. The Morgan fingerprint density at radius 1 is 1.17 bits per heavy atom. The monoisotopic (exact) mass is 538 g/mol. The molecule has 2 heterocycles. The molecule has 4 rings (SSSR count). The van der Waals surface area contributed by atoms with E-state index in [0.29, 0.717) is 5.96 Å². The van der Waals surface area contributed by atoms with E-state index in [4.69, 9.17) is 0 Å². The van der Waals surface area contributed by atoms with Gasteiger partial charge in [0, 0.05) is 37.0 Å². The summed E-state index contributed by atoms with van der Waals surface area (Å²) in [5.41, 5.74) is 2.85. The van der Waals surface area contributed by atoms with Crippen LogP contribution in [0.25, 0.3) is 0 Å². The third kappa shape index (κ3) is 5.17. The molecule has 0 bridgehead atoms. The first-order valence-electron chi connectivity index (χ1n) is 10.5. The number of amides is 1. The number of nitrogens with one attached hydrogen (secondary N) is 2. The summed E-state index contributed by atoms with van der Waals surface area (Å²) in [5.74, 6) is 0.831. The third-order valence-electron chi connectivity index (χ3n) is 6.33. The van der Waals surface area contributed by atoms with Gasteiger partial charge in [-0.1, -0.05) is 43.2 Å². The van der Waals surface area contributed by atoms with Gasteiger partial charge in [-0.15, -0.1) is 35.3 Å². The number of benzene rings is 1. The fourth-order valence-corrected chi connectivity index (χ4v) is 5.51. The van der Waals surface area contributed by atoms with Crippen molar-refractivity contribution in [2.45, 2.75) is 44.1 Å². The average molecular weight is 538 g/mol. The minimum atomic E-state index is 0. The minimum absolute atomic E-state index is 0. The minimum Gasteiger partial charge on any atom is -0.356 e. The molecule has 0 saturated heterocycles. The molecule has 162 valence electrons. The van der Waals surface area contributed by atoms with E-state index >= 15 is 0 Å². The molecule has 1 aliphatic heterocycles. The van der Waals surface area contributed by atoms with Crippen LogP contribution in [-0.4, -0.2) is 43.4 Å². The third-order valence-corrected chi connectivity index (χ3v) is 7.36. The lowest BCUT2D eigenvalue weighted by atomic mass is 9.79. The summed E-state index contributed by atoms with van der Waals surface area (Å²) >= 11 is 1.79. The number of nitrogens with zero attached hydrogens (tertiary/aromatic N) is 2. The normalized spacial score (nSPS) is 17.8. The van der Waals surface area contributed by atoms with Gasteiger partial charge < -0.3 is 15.5 Å². The smallest absolute Gasteiger partial charge is 0.242 e. The number of carbonyl (C=O) groups excluding carboxylic acids is 1. The van der Waals surface area contributed by atoms with Gasteiger partial charge in [0.25, 0.3) is 0 Å². The van der Waals surface area contributed by atoms with Crippen LogP contribution >= 0.6 is 35.3 Å². The number of fused-ring (bicyclic) bond motifs is 1. The van der Waals surface area contributed by atoms with Crippen molar-refractivity contribution in [2.75, 3.05) is 26.7 Å². The summed E-state index contributed by atoms with van der Waals surface area (Å²) in [6, 6.07) is 12.9. The van der Waals surface area contributed by atoms with Crippen molar-refractivity contribution in [3.8, 4) is 0 Å². The number of hydrogen-bond acceptors (Lipinski definition) is 3. The largest absolute Gasteiger partial charge is 0.356 e. The first-order valence-corrected chi connectivity index (χ1v) is 11.4. The molecule has 1 saturated carbocycles. The van der Waals surface area contributed by atoms with E-state index in [1.165, 1.54) is 41.7 Å². The Balaban J connectivity index is 0.00000256. The lowest BCUT2D eigenvalue weighted by Gasteiger charge is -2.31. The molecule has 1 aromatic carbocycles. The topological polar surface area (TPSA) is 56.7 Å². The summed E-state index contributed by atoms with van der Waals surface area (Å²) in [5, 5.41) is 8.84. The fourth-order valence-electron chi connectivity index (χ4n) is 4.62. The van der Waals surface area contributed by atoms with Crippen LogP contribution < -0.4 is 10.6 Å². The Bertz CT molecular complexity index is 861. The molecular weight excluding hydrogens is 507 g/mol. The quantitative estimate of drug-likeness (QED) is 0.345. The first kappa shape index (κ1) is 23.1. The summed E-state index contributed by atoms with van der Waals surface area (Å²) in [7, 11) is 1.77. The SMILES string of the molecule is CN=C(NCC(=O)N1CCc2sccc2C1)NCC1(c2ccccc2)CCCC1.I. The summed E-state index contributed by atoms with van der Waals surface area (Å²) in [4.78, 5) is 20.4. The molecule has 1 aliphatic carbocycles. The molecule has 30 heavy (non-hydrogen) atoms. The van der Waals surface area contributed by atoms with E-state index in [2.05, 4.69) is 57.4 Å². The van der Waals surface area contributed by atoms with Gasteiger partial charge in [-0.3, -0.25) is 9.79 Å². The number of aliphatic imine (C=N–C) groups is 1. The molecule has 0 radical (unpaired) electrons. The summed E-state index contributed by atoms with van der Waals surface area (Å²) in [6.45, 7) is 2.64. The molecule has 2 N–H and O–H groups in total. The zero-order valence-corrected chi connectivity index (χ0v) is 20.7. The van der Waals surface area contributed by atoms with Gasteiger partial charge in [0.15, 0.2) is 5.96 Å². The number of guanidine groups is 1. The second-order valence-corrected chi connectivity index (χ2v) is 9.07. The van der Waals surface area contributed by atoms with Crippen LogP contribution in [0, 0.1) is 0 Å². The molecule has 2 aliphatic rings. The van der Waals surface area contributed by atoms with E-state index in [-0.39, 0.29) is 41.8 Å². The van der Waals surface area contributed by atoms with Gasteiger partial charge in [0.2, 0.25) is 5.91 Å². The lowest BCUT2D eigenvalue weighted by Crippen LogP contribution is -2.48. The highest BCUT2D eigenvalue weighted by molar-refractivity contribution is 14.0. The van der Waals surface area contributed by atoms with E-state index in [0.717, 1.165) is 26.1 Å². The van der Waals surface area contributed by atoms with Gasteiger partial charge in [0.1, 0.15) is 0 Å². The maximum Gasteiger partial charge on any atom is 0.242 e. The van der Waals surface area contributed by atoms with E-state index in [1.807, 2.05) is 4.90 Å². The predicted molar refractivity (Wildman–Crippen MR) is 135 cm³/mol. The van der Waals surface area contributed by atoms with E-state index in [1.54, 1.807) is 18.4 Å². The van der Waals surface area contributed by atoms with Crippen molar-refractivity contribution in [3.05, 3.63) is 57.8 Å². The zero-order valence-electron chi connectivity index (χ0n) is 17.5. The highest BCUT2D eigenvalue weighted by Gasteiger charge is 2.35. The number of halogens is 1. The number of hydrogen-bond donors (Lipinski definition) is 2. The van der Waals surface area contributed by atoms with Crippen molar-refractivity contribution >= 4 is 47.2 Å². The van der Waals surface area contributed by atoms with Gasteiger partial charge in [-0.25, -0.2) is 0 Å². The van der Waals surface area contributed by atoms with Gasteiger partial charge in [-0.05, 0) is 41.8 Å². The van der Waals surface area contributed by atoms with Gasteiger partial charge in [-0.2, -0.15) is 0 Å². The van der Waals surface area contributed by atoms with Crippen LogP contribution in [0.15, 0.2) is 46.8 Å². The van der Waals surface area contributed by atoms with Crippen molar-refractivity contribution < 1.29 is 4.79 Å². The Morgan fingerprint density at radius 3 is 2.67 bits per heavy atom. The van der Waals surface area contributed by atoms with Crippen molar-refractivity contribution in [3.63, 3.8) is 0 Å². The van der Waals surface area contributed by atoms with E-state index in [9.17, 15) is 4.79 Å². The van der Waals surface area contributed by atoms with Crippen LogP contribution in [0.3, 0.4) is 0 Å². The second-order valence-electron chi connectivity index (χ2n) is 8.07. The van der Waals surface area contributed by atoms with Gasteiger partial charge >= 0.3 is 0 Å². The molecular formula is C23H31IN4OS. The summed E-state index contributed by atoms with van der Waals surface area (Å²) < 4.78 is 0. The Morgan fingerprint density at radius 2 is 1.93 bits per heavy atom. The highest BCUT2D eigenvalue weighted by atomic mass is 127. The Labute approximate surface area is 200 Å². The predicted octanol–water partition coefficient (Wildman–Crippen LogP) is 3.93.